The lowest BCUT2D eigenvalue weighted by Gasteiger charge is -2.61. The van der Waals surface area contributed by atoms with Crippen molar-refractivity contribution in [1.29, 1.82) is 0 Å². The number of fused-ring (bicyclic) bond motifs is 7. The SMILES string of the molecule is CC1(C)CCC(C)(C)c2cc(N(c3ccc(-c4cccc5c4C4(c6ccccc6-5)C5CC6CC(C5)CC4C6)cc3)c3ccc4c(c3)C(C)(C)c3ccccc3-4)ccc21. The Bertz CT molecular complexity index is 2640. The smallest absolute Gasteiger partial charge is 0.0465 e. The van der Waals surface area contributed by atoms with Crippen molar-refractivity contribution in [3.05, 3.63) is 161 Å². The molecule has 4 fully saturated rings. The van der Waals surface area contributed by atoms with E-state index in [9.17, 15) is 0 Å². The van der Waals surface area contributed by atoms with Crippen LogP contribution in [0.15, 0.2) is 127 Å². The average Bonchev–Trinajstić information content (AvgIpc) is 3.65. The molecule has 0 N–H and O–H groups in total. The summed E-state index contributed by atoms with van der Waals surface area (Å²) in [7, 11) is 0. The Labute approximate surface area is 346 Å². The van der Waals surface area contributed by atoms with Crippen molar-refractivity contribution in [2.75, 3.05) is 4.90 Å². The molecule has 6 aromatic carbocycles. The van der Waals surface area contributed by atoms with E-state index in [-0.39, 0.29) is 21.7 Å². The normalized spacial score (nSPS) is 26.8. The first-order valence-corrected chi connectivity index (χ1v) is 22.5. The van der Waals surface area contributed by atoms with Crippen LogP contribution < -0.4 is 4.90 Å². The Kier molecular flexibility index (Phi) is 7.18. The summed E-state index contributed by atoms with van der Waals surface area (Å²) in [5.74, 6) is 3.35. The quantitative estimate of drug-likeness (QED) is 0.173. The van der Waals surface area contributed by atoms with E-state index in [1.54, 1.807) is 11.1 Å². The van der Waals surface area contributed by atoms with Gasteiger partial charge in [0.2, 0.25) is 0 Å². The molecule has 13 rings (SSSR count). The van der Waals surface area contributed by atoms with Crippen molar-refractivity contribution in [3.8, 4) is 33.4 Å². The van der Waals surface area contributed by atoms with Crippen LogP contribution in [0.4, 0.5) is 17.1 Å². The molecular weight excluding hydrogens is 699 g/mol. The Hall–Kier alpha value is -4.88. The van der Waals surface area contributed by atoms with Gasteiger partial charge in [-0.1, -0.05) is 133 Å². The second-order valence-corrected chi connectivity index (χ2v) is 21.2. The summed E-state index contributed by atoms with van der Waals surface area (Å²) in [5, 5.41) is 0. The third kappa shape index (κ3) is 4.65. The molecule has 1 nitrogen and oxygen atoms in total. The standard InChI is InChI=1S/C57H57N/c1-54(2)26-27-55(3,4)52-34-42(23-25-50(52)54)58(41-22-24-46-44-12-7-9-16-48(44)56(5,6)51(46)33-41)40-20-18-37(19-21-40)43-14-11-15-47-45-13-8-10-17-49(45)57(53(43)47)38-29-35-28-36(31-38)32-39(57)30-35/h7-25,33-36,38-39H,26-32H2,1-6H3. The largest absolute Gasteiger partial charge is 0.310 e. The number of benzene rings is 6. The first-order valence-electron chi connectivity index (χ1n) is 22.5. The number of hydrogen-bond donors (Lipinski definition) is 0. The summed E-state index contributed by atoms with van der Waals surface area (Å²) >= 11 is 0. The van der Waals surface area contributed by atoms with Gasteiger partial charge in [0.05, 0.1) is 0 Å². The van der Waals surface area contributed by atoms with Gasteiger partial charge in [0.1, 0.15) is 0 Å². The zero-order valence-electron chi connectivity index (χ0n) is 35.3. The summed E-state index contributed by atoms with van der Waals surface area (Å²) in [4.78, 5) is 2.55. The van der Waals surface area contributed by atoms with E-state index in [0.717, 1.165) is 23.7 Å². The lowest BCUT2D eigenvalue weighted by molar-refractivity contribution is -0.0397. The van der Waals surface area contributed by atoms with Gasteiger partial charge in [0.15, 0.2) is 0 Å². The second kappa shape index (κ2) is 11.9. The molecule has 6 aromatic rings. The molecule has 0 aromatic heterocycles. The van der Waals surface area contributed by atoms with E-state index >= 15 is 0 Å². The van der Waals surface area contributed by atoms with Crippen molar-refractivity contribution in [1.82, 2.24) is 0 Å². The molecular formula is C57H57N. The molecule has 0 saturated heterocycles. The maximum Gasteiger partial charge on any atom is 0.0465 e. The molecule has 0 heterocycles. The van der Waals surface area contributed by atoms with Crippen molar-refractivity contribution < 1.29 is 0 Å². The van der Waals surface area contributed by atoms with Crippen LogP contribution in [0.5, 0.6) is 0 Å². The molecule has 0 radical (unpaired) electrons. The predicted octanol–water partition coefficient (Wildman–Crippen LogP) is 15.2. The van der Waals surface area contributed by atoms with Gasteiger partial charge in [0.25, 0.3) is 0 Å². The fraction of sp³-hybridized carbons (Fsp3) is 0.368. The lowest BCUT2D eigenvalue weighted by atomic mass is 9.42. The van der Waals surface area contributed by atoms with E-state index in [2.05, 4.69) is 174 Å². The van der Waals surface area contributed by atoms with Gasteiger partial charge in [-0.2, -0.15) is 0 Å². The van der Waals surface area contributed by atoms with Crippen molar-refractivity contribution in [3.63, 3.8) is 0 Å². The molecule has 7 aliphatic rings. The summed E-state index contributed by atoms with van der Waals surface area (Å²) in [6.45, 7) is 14.6. The van der Waals surface area contributed by atoms with Crippen LogP contribution in [0.2, 0.25) is 0 Å². The molecule has 0 atom stereocenters. The van der Waals surface area contributed by atoms with Crippen LogP contribution in [-0.4, -0.2) is 0 Å². The van der Waals surface area contributed by atoms with Gasteiger partial charge >= 0.3 is 0 Å². The second-order valence-electron chi connectivity index (χ2n) is 21.2. The van der Waals surface area contributed by atoms with E-state index in [1.165, 1.54) is 118 Å². The first kappa shape index (κ1) is 35.1. The van der Waals surface area contributed by atoms with Gasteiger partial charge in [-0.25, -0.2) is 0 Å². The van der Waals surface area contributed by atoms with Gasteiger partial charge in [-0.3, -0.25) is 0 Å². The molecule has 1 heteroatoms. The molecule has 7 aliphatic carbocycles. The van der Waals surface area contributed by atoms with Gasteiger partial charge in [-0.05, 0) is 183 Å². The number of anilines is 3. The highest BCUT2D eigenvalue weighted by molar-refractivity contribution is 5.90. The molecule has 4 saturated carbocycles. The summed E-state index contributed by atoms with van der Waals surface area (Å²) in [6.07, 6.45) is 9.51. The molecule has 0 aliphatic heterocycles. The minimum atomic E-state index is -0.0710. The topological polar surface area (TPSA) is 3.24 Å². The molecule has 4 bridgehead atoms. The zero-order valence-corrected chi connectivity index (χ0v) is 35.3. The Morgan fingerprint density at radius 3 is 1.62 bits per heavy atom. The van der Waals surface area contributed by atoms with Crippen molar-refractivity contribution >= 4 is 17.1 Å². The van der Waals surface area contributed by atoms with E-state index in [0.29, 0.717) is 0 Å². The average molecular weight is 756 g/mol. The Balaban J connectivity index is 1.01. The van der Waals surface area contributed by atoms with Crippen molar-refractivity contribution in [2.45, 2.75) is 108 Å². The molecule has 290 valence electrons. The lowest BCUT2D eigenvalue weighted by Crippen LogP contribution is -2.55. The van der Waals surface area contributed by atoms with Crippen LogP contribution >= 0.6 is 0 Å². The monoisotopic (exact) mass is 755 g/mol. The highest BCUT2D eigenvalue weighted by Crippen LogP contribution is 2.70. The van der Waals surface area contributed by atoms with Crippen LogP contribution in [0.1, 0.15) is 120 Å². The van der Waals surface area contributed by atoms with E-state index in [4.69, 9.17) is 0 Å². The molecule has 1 spiro atoms. The molecule has 0 amide bonds. The third-order valence-electron chi connectivity index (χ3n) is 16.9. The Morgan fingerprint density at radius 2 is 0.931 bits per heavy atom. The fourth-order valence-electron chi connectivity index (χ4n) is 14.2. The highest BCUT2D eigenvalue weighted by Gasteiger charge is 2.62. The van der Waals surface area contributed by atoms with Crippen LogP contribution in [0, 0.1) is 23.7 Å². The van der Waals surface area contributed by atoms with Crippen LogP contribution in [-0.2, 0) is 21.7 Å². The summed E-state index contributed by atoms with van der Waals surface area (Å²) < 4.78 is 0. The summed E-state index contributed by atoms with van der Waals surface area (Å²) in [5.41, 5.74) is 21.7. The maximum atomic E-state index is 2.55. The van der Waals surface area contributed by atoms with Crippen LogP contribution in [0.3, 0.4) is 0 Å². The van der Waals surface area contributed by atoms with Crippen LogP contribution in [0.25, 0.3) is 33.4 Å². The van der Waals surface area contributed by atoms with Gasteiger partial charge in [0, 0.05) is 27.9 Å². The first-order chi connectivity index (χ1) is 27.9. The minimum Gasteiger partial charge on any atom is -0.310 e. The summed E-state index contributed by atoms with van der Waals surface area (Å²) in [6, 6.07) is 50.2. The van der Waals surface area contributed by atoms with Crippen molar-refractivity contribution in [2.24, 2.45) is 23.7 Å². The number of nitrogens with zero attached hydrogens (tertiary/aromatic N) is 1. The molecule has 58 heavy (non-hydrogen) atoms. The zero-order chi connectivity index (χ0) is 39.3. The van der Waals surface area contributed by atoms with Gasteiger partial charge < -0.3 is 4.90 Å². The predicted molar refractivity (Wildman–Crippen MR) is 243 cm³/mol. The number of hydrogen-bond acceptors (Lipinski definition) is 1. The maximum absolute atomic E-state index is 2.55. The van der Waals surface area contributed by atoms with Gasteiger partial charge in [-0.15, -0.1) is 0 Å². The van der Waals surface area contributed by atoms with E-state index < -0.39 is 0 Å². The molecule has 0 unspecified atom stereocenters. The number of rotatable bonds is 4. The third-order valence-corrected chi connectivity index (χ3v) is 16.9. The Morgan fingerprint density at radius 1 is 0.414 bits per heavy atom. The highest BCUT2D eigenvalue weighted by atomic mass is 15.1. The van der Waals surface area contributed by atoms with E-state index in [1.807, 2.05) is 0 Å². The fourth-order valence-corrected chi connectivity index (χ4v) is 14.2. The minimum absolute atomic E-state index is 0.0710.